The molecule has 4 radical (unpaired) electrons. The molecule has 14 heteroatoms. The number of aromatic nitrogens is 8. The summed E-state index contributed by atoms with van der Waals surface area (Å²) in [6, 6.07) is 107. The Bertz CT molecular complexity index is 5540. The summed E-state index contributed by atoms with van der Waals surface area (Å²) in [7, 11) is 0. The minimum Gasteiger partial charge on any atom is -0.512 e. The average Bonchev–Trinajstić information content (AvgIpc) is 1.68. The van der Waals surface area contributed by atoms with Gasteiger partial charge in [-0.3, -0.25) is 14.5 Å². The molecule has 15 rings (SSSR count). The van der Waals surface area contributed by atoms with Crippen molar-refractivity contribution in [1.82, 2.24) is 39.5 Å². The van der Waals surface area contributed by atoms with E-state index in [0.29, 0.717) is 0 Å². The number of carbonyl (C=O) groups is 1. The number of carbonyl (C=O) groups excluding carboxylic acids is 1. The molecule has 10 nitrogen and oxygen atoms in total. The van der Waals surface area contributed by atoms with Crippen molar-refractivity contribution in [3.8, 4) is 101 Å². The zero-order valence-electron chi connectivity index (χ0n) is 71.3. The Hall–Kier alpha value is -9.93. The van der Waals surface area contributed by atoms with E-state index in [-0.39, 0.29) is 114 Å². The second-order valence-corrected chi connectivity index (χ2v) is 33.3. The van der Waals surface area contributed by atoms with E-state index in [0.717, 1.165) is 97.7 Å². The molecular formula is C105H106Ir4N8O2-4. The number of hydrogen-bond acceptors (Lipinski definition) is 8. The number of hydrogen-bond donors (Lipinski definition) is 1. The van der Waals surface area contributed by atoms with E-state index in [1.54, 1.807) is 6.20 Å². The van der Waals surface area contributed by atoms with E-state index >= 15 is 0 Å². The fraction of sp³-hybridized carbons (Fsp3) is 0.229. The van der Waals surface area contributed by atoms with Crippen LogP contribution in [-0.4, -0.2) is 50.4 Å². The van der Waals surface area contributed by atoms with Crippen LogP contribution in [0.5, 0.6) is 0 Å². The van der Waals surface area contributed by atoms with Crippen molar-refractivity contribution in [3.05, 3.63) is 360 Å². The van der Waals surface area contributed by atoms with Crippen molar-refractivity contribution in [2.45, 2.75) is 159 Å². The largest absolute Gasteiger partial charge is 0.512 e. The van der Waals surface area contributed by atoms with Gasteiger partial charge in [0.05, 0.1) is 23.1 Å². The number of aryl methyl sites for hydroxylation is 4. The number of aliphatic hydroxyl groups is 1. The topological polar surface area (TPSA) is 124 Å². The van der Waals surface area contributed by atoms with Crippen LogP contribution >= 0.6 is 0 Å². The average molecular weight is 2280 g/mol. The zero-order valence-corrected chi connectivity index (χ0v) is 80.9. The van der Waals surface area contributed by atoms with Crippen molar-refractivity contribution < 1.29 is 90.3 Å². The maximum Gasteiger partial charge on any atom is 0.159 e. The number of fused-ring (bicyclic) bond motifs is 1. The number of pyridine rings is 2. The molecule has 119 heavy (non-hydrogen) atoms. The molecule has 0 bridgehead atoms. The van der Waals surface area contributed by atoms with Crippen LogP contribution in [0.4, 0.5) is 0 Å². The van der Waals surface area contributed by atoms with Gasteiger partial charge in [-0.15, -0.1) is 148 Å². The Morgan fingerprint density at radius 3 is 1.40 bits per heavy atom. The Balaban J connectivity index is 0.000000224. The van der Waals surface area contributed by atoms with Crippen LogP contribution in [0, 0.1) is 45.0 Å². The molecule has 618 valence electrons. The molecule has 0 spiro atoms. The van der Waals surface area contributed by atoms with E-state index in [2.05, 4.69) is 331 Å². The Morgan fingerprint density at radius 2 is 0.916 bits per heavy atom. The number of nitrogens with zero attached hydrogens (tertiary/aromatic N) is 8. The molecule has 15 aromatic rings. The summed E-state index contributed by atoms with van der Waals surface area (Å²) in [5, 5.41) is 24.6. The molecule has 1 N–H and O–H groups in total. The monoisotopic (exact) mass is 2280 g/mol. The third-order valence-electron chi connectivity index (χ3n) is 19.8. The van der Waals surface area contributed by atoms with Gasteiger partial charge in [-0.25, -0.2) is 0 Å². The van der Waals surface area contributed by atoms with E-state index in [1.807, 2.05) is 102 Å². The van der Waals surface area contributed by atoms with Crippen molar-refractivity contribution >= 4 is 16.6 Å². The van der Waals surface area contributed by atoms with Crippen molar-refractivity contribution in [2.75, 3.05) is 0 Å². The summed E-state index contributed by atoms with van der Waals surface area (Å²) >= 11 is 0. The first kappa shape index (κ1) is 96.2. The molecular weight excluding hydrogens is 2170 g/mol. The number of allylic oxidation sites excluding steroid dienone is 2. The molecule has 0 aliphatic heterocycles. The number of aliphatic hydroxyl groups excluding tert-OH is 1. The molecule has 0 fully saturated rings. The molecule has 0 aliphatic rings. The van der Waals surface area contributed by atoms with Crippen LogP contribution in [0.3, 0.4) is 0 Å². The van der Waals surface area contributed by atoms with Crippen molar-refractivity contribution in [1.29, 1.82) is 0 Å². The van der Waals surface area contributed by atoms with Crippen LogP contribution in [0.2, 0.25) is 0 Å². The molecule has 0 saturated carbocycles. The minimum absolute atomic E-state index is 0. The van der Waals surface area contributed by atoms with Gasteiger partial charge >= 0.3 is 0 Å². The van der Waals surface area contributed by atoms with Gasteiger partial charge in [-0.05, 0) is 183 Å². The summed E-state index contributed by atoms with van der Waals surface area (Å²) in [4.78, 5) is 23.8. The van der Waals surface area contributed by atoms with Gasteiger partial charge in [0.2, 0.25) is 0 Å². The molecule has 0 saturated heterocycles. The summed E-state index contributed by atoms with van der Waals surface area (Å²) < 4.78 is 4.11. The smallest absolute Gasteiger partial charge is 0.159 e. The maximum absolute atomic E-state index is 10.0. The summed E-state index contributed by atoms with van der Waals surface area (Å²) in [5.74, 6) is 3.31. The first-order valence-corrected chi connectivity index (χ1v) is 39.5. The maximum atomic E-state index is 10.0. The SMILES string of the molecule is CC(=O)C=C(C)O.CC(C)(C)c1c[c-]c(-c2nnc(-c3ccc(C(C)(C)C)cc3)n2-c2ccccc2)cc1.CC(C)(C)c1ccc(-c2cc(-c3ccc(C(C)(C)C)cc3)cc(-c3cc[c-]c(-c4nccc5ccccc45)c3)c2)cc1.CCCc1nc(-c2[c-]cccc2)n(-c2c(C)cc(C)cc2C)n1.[Ir].[Ir].[Ir].[Ir].[c-]1ccccc1-c1ccccn1. The van der Waals surface area contributed by atoms with Crippen LogP contribution in [0.15, 0.2) is 291 Å². The zero-order chi connectivity index (χ0) is 82.2. The predicted octanol–water partition coefficient (Wildman–Crippen LogP) is 26.5. The molecule has 0 atom stereocenters. The standard InChI is InChI=1S/C41H38N.C28H30N3.C20H22N3.C11H8N.C5H8O2.4Ir/c1-40(2,3)36-18-14-28(15-19-36)33-25-34(29-16-20-37(21-17-29)41(4,5)6)27-35(26-33)31-11-9-12-32(24-31)39-38-13-8-7-10-30(38)22-23-42-39;1-27(2,3)22-16-12-20(13-17-22)25-29-30-26(31(25)24-10-8-7-9-11-24)21-14-18-23(19-15-21)28(4,5)6;1-5-9-18-21-20(17-10-7-6-8-11-17)23(22-18)19-15(3)12-14(2)13-16(19)4;1-2-6-10(7-3-1)11-8-4-5-9-12-11;1-4(6)3-5(2)7;;;;/h7-11,13-27H,1-6H3;7-14,16-19H,1-6H3;6-8,10,12-13H,5,9H2,1-4H3;1-6,8-9H;3,6H,1-2H3;;;;/q4*-1;;;;;. The fourth-order valence-corrected chi connectivity index (χ4v) is 13.6. The third-order valence-corrected chi connectivity index (χ3v) is 19.8. The van der Waals surface area contributed by atoms with Gasteiger partial charge in [-0.2, -0.15) is 10.2 Å². The predicted molar refractivity (Wildman–Crippen MR) is 478 cm³/mol. The molecule has 4 aromatic heterocycles. The summed E-state index contributed by atoms with van der Waals surface area (Å²) in [6.45, 7) is 38.3. The van der Waals surface area contributed by atoms with Gasteiger partial charge in [0.15, 0.2) is 11.6 Å². The normalized spacial score (nSPS) is 11.2. The number of benzene rings is 11. The molecule has 0 unspecified atom stereocenters. The van der Waals surface area contributed by atoms with Gasteiger partial charge < -0.3 is 19.6 Å². The fourth-order valence-electron chi connectivity index (χ4n) is 13.6. The number of rotatable bonds is 13. The van der Waals surface area contributed by atoms with Crippen LogP contribution in [-0.2, 0) is 113 Å². The van der Waals surface area contributed by atoms with Crippen LogP contribution in [0.1, 0.15) is 155 Å². The minimum atomic E-state index is -0.125. The second-order valence-electron chi connectivity index (χ2n) is 33.3. The summed E-state index contributed by atoms with van der Waals surface area (Å²) in [5.41, 5.74) is 25.6. The number of para-hydroxylation sites is 1. The van der Waals surface area contributed by atoms with Crippen LogP contribution < -0.4 is 0 Å². The first-order valence-electron chi connectivity index (χ1n) is 39.5. The van der Waals surface area contributed by atoms with E-state index in [9.17, 15) is 4.79 Å². The Labute approximate surface area is 760 Å². The molecule has 4 heterocycles. The van der Waals surface area contributed by atoms with E-state index < -0.39 is 0 Å². The number of ketones is 1. The second kappa shape index (κ2) is 43.3. The first-order chi connectivity index (χ1) is 54.9. The molecule has 11 aromatic carbocycles. The van der Waals surface area contributed by atoms with Gasteiger partial charge in [0, 0.05) is 117 Å². The van der Waals surface area contributed by atoms with Crippen LogP contribution in [0.25, 0.3) is 112 Å². The van der Waals surface area contributed by atoms with Crippen molar-refractivity contribution in [2.24, 2.45) is 0 Å². The summed E-state index contributed by atoms with van der Waals surface area (Å²) in [6.07, 6.45) is 6.76. The molecule has 0 aliphatic carbocycles. The van der Waals surface area contributed by atoms with Gasteiger partial charge in [0.1, 0.15) is 5.82 Å². The third kappa shape index (κ3) is 25.8. The van der Waals surface area contributed by atoms with E-state index in [1.165, 1.54) is 92.1 Å². The van der Waals surface area contributed by atoms with E-state index in [4.69, 9.17) is 20.2 Å². The van der Waals surface area contributed by atoms with Gasteiger partial charge in [0.25, 0.3) is 0 Å². The Kier molecular flexibility index (Phi) is 35.0. The van der Waals surface area contributed by atoms with Crippen molar-refractivity contribution in [3.63, 3.8) is 0 Å². The van der Waals surface area contributed by atoms with Gasteiger partial charge in [-0.1, -0.05) is 235 Å². The Morgan fingerprint density at radius 1 is 0.429 bits per heavy atom. The molecule has 0 amide bonds. The quantitative estimate of drug-likeness (QED) is 0.0688.